The first kappa shape index (κ1) is 23.7. The lowest BCUT2D eigenvalue weighted by Crippen LogP contribution is -2.36. The summed E-state index contributed by atoms with van der Waals surface area (Å²) < 4.78 is 11.1. The molecule has 0 spiro atoms. The van der Waals surface area contributed by atoms with E-state index in [2.05, 4.69) is 58.9 Å². The summed E-state index contributed by atoms with van der Waals surface area (Å²) in [4.78, 5) is 4.25. The zero-order valence-corrected chi connectivity index (χ0v) is 19.9. The quantitative estimate of drug-likeness (QED) is 0.252. The Morgan fingerprint density at radius 2 is 1.67 bits per heavy atom. The van der Waals surface area contributed by atoms with Crippen molar-refractivity contribution in [1.29, 1.82) is 0 Å². The Morgan fingerprint density at radius 1 is 1.00 bits per heavy atom. The second-order valence-electron chi connectivity index (χ2n) is 7.07. The average molecular weight is 520 g/mol. The fraction of sp³-hybridized carbons (Fsp3) is 0.304. The van der Waals surface area contributed by atoms with E-state index in [4.69, 9.17) is 9.26 Å². The molecule has 30 heavy (non-hydrogen) atoms. The van der Waals surface area contributed by atoms with Gasteiger partial charge in [-0.15, -0.1) is 24.0 Å². The number of benzene rings is 2. The van der Waals surface area contributed by atoms with Gasteiger partial charge in [-0.25, -0.2) is 0 Å². The van der Waals surface area contributed by atoms with Crippen molar-refractivity contribution in [3.63, 3.8) is 0 Å². The zero-order valence-electron chi connectivity index (χ0n) is 17.6. The Hall–Kier alpha value is -2.55. The molecule has 1 heterocycles. The maximum Gasteiger partial charge on any atom is 0.191 e. The third kappa shape index (κ3) is 7.37. The van der Waals surface area contributed by atoms with Crippen molar-refractivity contribution in [2.45, 2.75) is 39.5 Å². The number of nitrogens with one attached hydrogen (secondary N) is 2. The van der Waals surface area contributed by atoms with E-state index >= 15 is 0 Å². The fourth-order valence-corrected chi connectivity index (χ4v) is 2.70. The Kier molecular flexibility index (Phi) is 9.66. The van der Waals surface area contributed by atoms with Gasteiger partial charge in [0.25, 0.3) is 0 Å². The predicted molar refractivity (Wildman–Crippen MR) is 130 cm³/mol. The molecule has 3 aromatic rings. The average Bonchev–Trinajstić information content (AvgIpc) is 3.23. The van der Waals surface area contributed by atoms with Gasteiger partial charge in [0.15, 0.2) is 11.7 Å². The molecule has 7 heteroatoms. The molecular formula is C23H29IN4O2. The van der Waals surface area contributed by atoms with Crippen molar-refractivity contribution >= 4 is 29.9 Å². The van der Waals surface area contributed by atoms with Crippen LogP contribution in [-0.2, 0) is 19.7 Å². The number of hydrogen-bond donors (Lipinski definition) is 2. The monoisotopic (exact) mass is 520 g/mol. The summed E-state index contributed by atoms with van der Waals surface area (Å²) in [5, 5.41) is 10.6. The molecule has 0 saturated carbocycles. The van der Waals surface area contributed by atoms with E-state index in [0.717, 1.165) is 28.3 Å². The standard InChI is InChI=1S/C23H28N4O2.HI/c1-17(2)22-13-21(29-27-22)15-26-23(24-3)25-14-18-9-11-19(12-10-18)16-28-20-7-5-4-6-8-20;/h4-13,17H,14-16H2,1-3H3,(H2,24,25,26);1H. The van der Waals surface area contributed by atoms with Gasteiger partial charge in [0.2, 0.25) is 0 Å². The fourth-order valence-electron chi connectivity index (χ4n) is 2.70. The van der Waals surface area contributed by atoms with E-state index < -0.39 is 0 Å². The van der Waals surface area contributed by atoms with Crippen LogP contribution in [-0.4, -0.2) is 18.2 Å². The van der Waals surface area contributed by atoms with Gasteiger partial charge in [-0.1, -0.05) is 61.5 Å². The molecule has 0 aliphatic carbocycles. The van der Waals surface area contributed by atoms with Crippen LogP contribution in [0.3, 0.4) is 0 Å². The molecule has 0 unspecified atom stereocenters. The summed E-state index contributed by atoms with van der Waals surface area (Å²) in [6.45, 7) is 5.95. The lowest BCUT2D eigenvalue weighted by atomic mass is 10.1. The molecular weight excluding hydrogens is 491 g/mol. The summed E-state index contributed by atoms with van der Waals surface area (Å²) in [6, 6.07) is 20.2. The first-order valence-corrected chi connectivity index (χ1v) is 9.79. The SMILES string of the molecule is CN=C(NCc1ccc(COc2ccccc2)cc1)NCc1cc(C(C)C)no1.I. The maximum atomic E-state index is 5.78. The summed E-state index contributed by atoms with van der Waals surface area (Å²) in [5.41, 5.74) is 3.26. The number of ether oxygens (including phenoxy) is 1. The van der Waals surface area contributed by atoms with Crippen LogP contribution in [0, 0.1) is 0 Å². The second kappa shape index (κ2) is 12.2. The van der Waals surface area contributed by atoms with Gasteiger partial charge in [-0.2, -0.15) is 0 Å². The van der Waals surface area contributed by atoms with E-state index in [1.807, 2.05) is 36.4 Å². The number of para-hydroxylation sites is 1. The van der Waals surface area contributed by atoms with Crippen LogP contribution in [0.15, 0.2) is 70.2 Å². The lowest BCUT2D eigenvalue weighted by Gasteiger charge is -2.11. The molecule has 0 bridgehead atoms. The van der Waals surface area contributed by atoms with E-state index in [9.17, 15) is 0 Å². The van der Waals surface area contributed by atoms with Crippen molar-refractivity contribution in [2.24, 2.45) is 4.99 Å². The van der Waals surface area contributed by atoms with Gasteiger partial charge >= 0.3 is 0 Å². The predicted octanol–water partition coefficient (Wildman–Crippen LogP) is 4.86. The Labute approximate surface area is 195 Å². The van der Waals surface area contributed by atoms with Gasteiger partial charge in [0, 0.05) is 19.7 Å². The summed E-state index contributed by atoms with van der Waals surface area (Å²) >= 11 is 0. The molecule has 0 aliphatic heterocycles. The molecule has 6 nitrogen and oxygen atoms in total. The Bertz CT molecular complexity index is 908. The third-order valence-corrected chi connectivity index (χ3v) is 4.45. The van der Waals surface area contributed by atoms with Crippen LogP contribution in [0.25, 0.3) is 0 Å². The normalized spacial score (nSPS) is 11.1. The highest BCUT2D eigenvalue weighted by Crippen LogP contribution is 2.14. The van der Waals surface area contributed by atoms with Crippen LogP contribution in [0.5, 0.6) is 5.75 Å². The number of aliphatic imine (C=N–C) groups is 1. The number of aromatic nitrogens is 1. The summed E-state index contributed by atoms with van der Waals surface area (Å²) in [7, 11) is 1.75. The molecule has 0 amide bonds. The minimum Gasteiger partial charge on any atom is -0.489 e. The van der Waals surface area contributed by atoms with Crippen molar-refractivity contribution in [3.8, 4) is 5.75 Å². The molecule has 1 aromatic heterocycles. The summed E-state index contributed by atoms with van der Waals surface area (Å²) in [6.07, 6.45) is 0. The van der Waals surface area contributed by atoms with Crippen molar-refractivity contribution in [3.05, 3.63) is 83.2 Å². The van der Waals surface area contributed by atoms with Crippen LogP contribution in [0.2, 0.25) is 0 Å². The van der Waals surface area contributed by atoms with Crippen molar-refractivity contribution in [1.82, 2.24) is 15.8 Å². The first-order chi connectivity index (χ1) is 14.1. The van der Waals surface area contributed by atoms with E-state index in [0.29, 0.717) is 31.6 Å². The van der Waals surface area contributed by atoms with Gasteiger partial charge in [-0.05, 0) is 29.2 Å². The third-order valence-electron chi connectivity index (χ3n) is 4.45. The van der Waals surface area contributed by atoms with Gasteiger partial charge < -0.3 is 19.9 Å². The zero-order chi connectivity index (χ0) is 20.5. The van der Waals surface area contributed by atoms with Crippen LogP contribution >= 0.6 is 24.0 Å². The van der Waals surface area contributed by atoms with Gasteiger partial charge in [-0.3, -0.25) is 4.99 Å². The number of hydrogen-bond acceptors (Lipinski definition) is 4. The highest BCUT2D eigenvalue weighted by molar-refractivity contribution is 14.0. The Balaban J connectivity index is 0.00000320. The molecule has 160 valence electrons. The molecule has 3 rings (SSSR count). The smallest absolute Gasteiger partial charge is 0.191 e. The van der Waals surface area contributed by atoms with E-state index in [1.165, 1.54) is 0 Å². The highest BCUT2D eigenvalue weighted by atomic mass is 127. The molecule has 0 aliphatic rings. The number of rotatable bonds is 8. The van der Waals surface area contributed by atoms with Crippen LogP contribution in [0.1, 0.15) is 42.3 Å². The van der Waals surface area contributed by atoms with Crippen molar-refractivity contribution in [2.75, 3.05) is 7.05 Å². The van der Waals surface area contributed by atoms with Crippen molar-refractivity contribution < 1.29 is 9.26 Å². The molecule has 0 atom stereocenters. The van der Waals surface area contributed by atoms with Gasteiger partial charge in [0.05, 0.1) is 12.2 Å². The largest absolute Gasteiger partial charge is 0.489 e. The topological polar surface area (TPSA) is 71.7 Å². The minimum absolute atomic E-state index is 0. The van der Waals surface area contributed by atoms with E-state index in [1.54, 1.807) is 7.05 Å². The number of guanidine groups is 1. The van der Waals surface area contributed by atoms with E-state index in [-0.39, 0.29) is 24.0 Å². The maximum absolute atomic E-state index is 5.78. The molecule has 2 N–H and O–H groups in total. The minimum atomic E-state index is 0. The Morgan fingerprint density at radius 3 is 2.30 bits per heavy atom. The molecule has 0 fully saturated rings. The first-order valence-electron chi connectivity index (χ1n) is 9.79. The summed E-state index contributed by atoms with van der Waals surface area (Å²) in [5.74, 6) is 2.73. The number of nitrogens with zero attached hydrogens (tertiary/aromatic N) is 2. The van der Waals surface area contributed by atoms with Crippen LogP contribution < -0.4 is 15.4 Å². The van der Waals surface area contributed by atoms with Crippen LogP contribution in [0.4, 0.5) is 0 Å². The molecule has 2 aromatic carbocycles. The highest BCUT2D eigenvalue weighted by Gasteiger charge is 2.08. The molecule has 0 radical (unpaired) electrons. The lowest BCUT2D eigenvalue weighted by molar-refractivity contribution is 0.306. The molecule has 0 saturated heterocycles. The second-order valence-corrected chi connectivity index (χ2v) is 7.07. The number of halogens is 1. The van der Waals surface area contributed by atoms with Gasteiger partial charge in [0.1, 0.15) is 12.4 Å².